The number of halogens is 5. The van der Waals surface area contributed by atoms with Crippen LogP contribution in [0.5, 0.6) is 5.75 Å². The van der Waals surface area contributed by atoms with E-state index in [4.69, 9.17) is 16.3 Å². The van der Waals surface area contributed by atoms with E-state index in [9.17, 15) is 17.6 Å². The minimum absolute atomic E-state index is 0.0863. The van der Waals surface area contributed by atoms with Gasteiger partial charge in [0.15, 0.2) is 0 Å². The van der Waals surface area contributed by atoms with Gasteiger partial charge < -0.3 is 4.74 Å². The second kappa shape index (κ2) is 5.47. The Morgan fingerprint density at radius 3 is 2.50 bits per heavy atom. The summed E-state index contributed by atoms with van der Waals surface area (Å²) in [6, 6.07) is 5.64. The van der Waals surface area contributed by atoms with Crippen LogP contribution in [0.4, 0.5) is 17.6 Å². The molecule has 0 bridgehead atoms. The zero-order valence-corrected chi connectivity index (χ0v) is 12.1. The molecular formula is C16H11ClF4O. The molecule has 0 aromatic heterocycles. The molecule has 22 heavy (non-hydrogen) atoms. The van der Waals surface area contributed by atoms with Crippen molar-refractivity contribution in [2.45, 2.75) is 19.0 Å². The fraction of sp³-hybridized carbons (Fsp3) is 0.250. The summed E-state index contributed by atoms with van der Waals surface area (Å²) in [6.45, 7) is 0.490. The molecule has 1 aliphatic heterocycles. The average molecular weight is 331 g/mol. The Morgan fingerprint density at radius 1 is 1.05 bits per heavy atom. The fourth-order valence-electron chi connectivity index (χ4n) is 2.55. The van der Waals surface area contributed by atoms with Crippen LogP contribution in [0.3, 0.4) is 0 Å². The standard InChI is InChI=1S/C16H11ClF4O/c17-14-7-10(16(19,20)21)3-4-12(14)13-8-11(18)6-9-2-1-5-22-15(9)13/h3-4,6-8H,1-2,5H2. The maximum absolute atomic E-state index is 13.8. The van der Waals surface area contributed by atoms with E-state index in [0.29, 0.717) is 35.5 Å². The second-order valence-electron chi connectivity index (χ2n) is 5.09. The number of benzene rings is 2. The number of rotatable bonds is 1. The van der Waals surface area contributed by atoms with Crippen LogP contribution in [0.2, 0.25) is 5.02 Å². The number of aryl methyl sites for hydroxylation is 1. The van der Waals surface area contributed by atoms with Crippen molar-refractivity contribution in [1.29, 1.82) is 0 Å². The van der Waals surface area contributed by atoms with Crippen molar-refractivity contribution in [3.8, 4) is 16.9 Å². The van der Waals surface area contributed by atoms with Crippen molar-refractivity contribution in [3.63, 3.8) is 0 Å². The van der Waals surface area contributed by atoms with Crippen LogP contribution in [0.1, 0.15) is 17.5 Å². The minimum Gasteiger partial charge on any atom is -0.493 e. The first-order chi connectivity index (χ1) is 10.4. The Balaban J connectivity index is 2.14. The Kier molecular flexibility index (Phi) is 3.77. The third-order valence-corrected chi connectivity index (χ3v) is 3.87. The third-order valence-electron chi connectivity index (χ3n) is 3.55. The van der Waals surface area contributed by atoms with Crippen molar-refractivity contribution < 1.29 is 22.3 Å². The Bertz CT molecular complexity index is 725. The van der Waals surface area contributed by atoms with E-state index in [2.05, 4.69) is 0 Å². The summed E-state index contributed by atoms with van der Waals surface area (Å²) in [6.07, 6.45) is -3.03. The van der Waals surface area contributed by atoms with Crippen LogP contribution in [0.15, 0.2) is 30.3 Å². The minimum atomic E-state index is -4.47. The van der Waals surface area contributed by atoms with Crippen molar-refractivity contribution in [1.82, 2.24) is 0 Å². The molecule has 1 heterocycles. The van der Waals surface area contributed by atoms with Crippen molar-refractivity contribution in [3.05, 3.63) is 52.3 Å². The van der Waals surface area contributed by atoms with E-state index in [0.717, 1.165) is 18.6 Å². The van der Waals surface area contributed by atoms with Crippen LogP contribution in [0.25, 0.3) is 11.1 Å². The van der Waals surface area contributed by atoms with Gasteiger partial charge in [-0.15, -0.1) is 0 Å². The normalized spacial score (nSPS) is 14.4. The van der Waals surface area contributed by atoms with Gasteiger partial charge >= 0.3 is 6.18 Å². The van der Waals surface area contributed by atoms with Crippen molar-refractivity contribution in [2.24, 2.45) is 0 Å². The van der Waals surface area contributed by atoms with E-state index in [-0.39, 0.29) is 5.02 Å². The first kappa shape index (κ1) is 15.2. The molecule has 1 nitrogen and oxygen atoms in total. The lowest BCUT2D eigenvalue weighted by Gasteiger charge is -2.21. The highest BCUT2D eigenvalue weighted by atomic mass is 35.5. The molecule has 0 fully saturated rings. The van der Waals surface area contributed by atoms with Gasteiger partial charge in [0.2, 0.25) is 0 Å². The average Bonchev–Trinajstić information content (AvgIpc) is 2.45. The molecule has 0 saturated heterocycles. The lowest BCUT2D eigenvalue weighted by molar-refractivity contribution is -0.137. The molecule has 2 aromatic rings. The summed E-state index contributed by atoms with van der Waals surface area (Å²) in [5.74, 6) is 0.0320. The van der Waals surface area contributed by atoms with Gasteiger partial charge in [0.25, 0.3) is 0 Å². The van der Waals surface area contributed by atoms with E-state index in [1.807, 2.05) is 0 Å². The molecule has 0 N–H and O–H groups in total. The molecule has 0 spiro atoms. The highest BCUT2D eigenvalue weighted by Crippen LogP contribution is 2.42. The lowest BCUT2D eigenvalue weighted by atomic mass is 9.96. The predicted molar refractivity (Wildman–Crippen MR) is 75.7 cm³/mol. The smallest absolute Gasteiger partial charge is 0.416 e. The summed E-state index contributed by atoms with van der Waals surface area (Å²) in [5, 5.41) is -0.0863. The second-order valence-corrected chi connectivity index (χ2v) is 5.49. The fourth-order valence-corrected chi connectivity index (χ4v) is 2.84. The van der Waals surface area contributed by atoms with Gasteiger partial charge in [-0.05, 0) is 42.7 Å². The van der Waals surface area contributed by atoms with E-state index < -0.39 is 17.6 Å². The number of ether oxygens (including phenoxy) is 1. The molecule has 0 atom stereocenters. The maximum atomic E-state index is 13.8. The van der Waals surface area contributed by atoms with Crippen LogP contribution < -0.4 is 4.74 Å². The number of alkyl halides is 3. The molecule has 3 rings (SSSR count). The van der Waals surface area contributed by atoms with Crippen LogP contribution >= 0.6 is 11.6 Å². The molecule has 6 heteroatoms. The molecule has 0 saturated carbocycles. The lowest BCUT2D eigenvalue weighted by Crippen LogP contribution is -2.10. The summed E-state index contributed by atoms with van der Waals surface area (Å²) >= 11 is 5.99. The first-order valence-electron chi connectivity index (χ1n) is 6.68. The van der Waals surface area contributed by atoms with Gasteiger partial charge in [-0.3, -0.25) is 0 Å². The maximum Gasteiger partial charge on any atom is 0.416 e. The summed E-state index contributed by atoms with van der Waals surface area (Å²) in [5.41, 5.74) is 0.574. The molecule has 1 aliphatic rings. The summed E-state index contributed by atoms with van der Waals surface area (Å²) in [4.78, 5) is 0. The van der Waals surface area contributed by atoms with E-state index in [1.54, 1.807) is 0 Å². The van der Waals surface area contributed by atoms with Gasteiger partial charge in [0.05, 0.1) is 12.2 Å². The highest BCUT2D eigenvalue weighted by molar-refractivity contribution is 6.33. The number of hydrogen-bond acceptors (Lipinski definition) is 1. The monoisotopic (exact) mass is 330 g/mol. The number of fused-ring (bicyclic) bond motifs is 1. The zero-order valence-electron chi connectivity index (χ0n) is 11.3. The molecule has 0 radical (unpaired) electrons. The Labute approximate surface area is 129 Å². The topological polar surface area (TPSA) is 9.23 Å². The Hall–Kier alpha value is -1.75. The van der Waals surface area contributed by atoms with Crippen LogP contribution in [-0.2, 0) is 12.6 Å². The molecule has 0 unspecified atom stereocenters. The van der Waals surface area contributed by atoms with E-state index >= 15 is 0 Å². The van der Waals surface area contributed by atoms with Gasteiger partial charge in [-0.2, -0.15) is 13.2 Å². The summed E-state index contributed by atoms with van der Waals surface area (Å²) in [7, 11) is 0. The molecular weight excluding hydrogens is 320 g/mol. The predicted octanol–water partition coefficient (Wildman–Crippen LogP) is 5.49. The van der Waals surface area contributed by atoms with Crippen LogP contribution in [0, 0.1) is 5.82 Å². The Morgan fingerprint density at radius 2 is 1.82 bits per heavy atom. The van der Waals surface area contributed by atoms with Crippen molar-refractivity contribution >= 4 is 11.6 Å². The van der Waals surface area contributed by atoms with Crippen molar-refractivity contribution in [2.75, 3.05) is 6.61 Å². The van der Waals surface area contributed by atoms with Gasteiger partial charge in [-0.1, -0.05) is 17.7 Å². The van der Waals surface area contributed by atoms with Crippen LogP contribution in [-0.4, -0.2) is 6.61 Å². The SMILES string of the molecule is Fc1cc2c(c(-c3ccc(C(F)(F)F)cc3Cl)c1)OCCC2. The molecule has 116 valence electrons. The first-order valence-corrected chi connectivity index (χ1v) is 7.06. The van der Waals surface area contributed by atoms with Gasteiger partial charge in [-0.25, -0.2) is 4.39 Å². The highest BCUT2D eigenvalue weighted by Gasteiger charge is 2.31. The molecule has 0 aliphatic carbocycles. The van der Waals surface area contributed by atoms with Gasteiger partial charge in [0, 0.05) is 16.1 Å². The molecule has 2 aromatic carbocycles. The largest absolute Gasteiger partial charge is 0.493 e. The molecule has 0 amide bonds. The third kappa shape index (κ3) is 2.77. The van der Waals surface area contributed by atoms with Gasteiger partial charge in [0.1, 0.15) is 11.6 Å². The quantitative estimate of drug-likeness (QED) is 0.628. The van der Waals surface area contributed by atoms with E-state index in [1.165, 1.54) is 18.2 Å². The zero-order chi connectivity index (χ0) is 15.9. The number of hydrogen-bond donors (Lipinski definition) is 0. The summed E-state index contributed by atoms with van der Waals surface area (Å²) < 4.78 is 57.4.